The summed E-state index contributed by atoms with van der Waals surface area (Å²) in [6.45, 7) is 19.6. The first-order valence-electron chi connectivity index (χ1n) is 9.94. The molecule has 0 radical (unpaired) electrons. The van der Waals surface area contributed by atoms with Crippen molar-refractivity contribution in [1.29, 1.82) is 0 Å². The maximum Gasteiger partial charge on any atom is 0.238 e. The van der Waals surface area contributed by atoms with Gasteiger partial charge in [0.15, 0.2) is 0 Å². The molecule has 3 aromatic rings. The summed E-state index contributed by atoms with van der Waals surface area (Å²) in [5.41, 5.74) is 3.09. The summed E-state index contributed by atoms with van der Waals surface area (Å²) in [4.78, 5) is 0. The van der Waals surface area contributed by atoms with Crippen LogP contribution in [0.3, 0.4) is 0 Å². The van der Waals surface area contributed by atoms with Crippen LogP contribution in [0.4, 0.5) is 0 Å². The molecule has 0 bridgehead atoms. The fourth-order valence-corrected chi connectivity index (χ4v) is 2.96. The van der Waals surface area contributed by atoms with Crippen LogP contribution in [0.1, 0.15) is 85.7 Å². The lowest BCUT2D eigenvalue weighted by Gasteiger charge is -2.21. The van der Waals surface area contributed by atoms with Crippen molar-refractivity contribution in [3.8, 4) is 0 Å². The molecular formula is C22H34N6. The van der Waals surface area contributed by atoms with Crippen LogP contribution in [0.5, 0.6) is 0 Å². The molecule has 3 rings (SSSR count). The molecule has 0 aliphatic heterocycles. The third kappa shape index (κ3) is 4.05. The van der Waals surface area contributed by atoms with Gasteiger partial charge in [0.05, 0.1) is 17.1 Å². The normalized spacial score (nSPS) is 13.5. The maximum absolute atomic E-state index is 4.87. The van der Waals surface area contributed by atoms with E-state index in [0.717, 1.165) is 17.1 Å². The Balaban J connectivity index is 2.10. The second-order valence-electron chi connectivity index (χ2n) is 10.6. The highest BCUT2D eigenvalue weighted by Gasteiger charge is 2.26. The molecule has 0 saturated carbocycles. The van der Waals surface area contributed by atoms with Crippen molar-refractivity contribution >= 4 is 0 Å². The van der Waals surface area contributed by atoms with Gasteiger partial charge in [-0.2, -0.15) is 15.3 Å². The van der Waals surface area contributed by atoms with Gasteiger partial charge >= 0.3 is 0 Å². The Kier molecular flexibility index (Phi) is 4.80. The molecule has 0 amide bonds. The van der Waals surface area contributed by atoms with Gasteiger partial charge < -0.3 is 0 Å². The number of aromatic nitrogens is 6. The van der Waals surface area contributed by atoms with E-state index in [4.69, 9.17) is 15.3 Å². The molecule has 0 aliphatic carbocycles. The third-order valence-corrected chi connectivity index (χ3v) is 4.84. The van der Waals surface area contributed by atoms with Crippen LogP contribution >= 0.6 is 0 Å². The van der Waals surface area contributed by atoms with Gasteiger partial charge in [-0.25, -0.2) is 14.0 Å². The average molecular weight is 383 g/mol. The van der Waals surface area contributed by atoms with Crippen molar-refractivity contribution in [3.05, 3.63) is 53.9 Å². The lowest BCUT2D eigenvalue weighted by atomic mass is 9.93. The number of nitrogens with zero attached hydrogens (tertiary/aromatic N) is 6. The Morgan fingerprint density at radius 1 is 0.536 bits per heavy atom. The van der Waals surface area contributed by atoms with E-state index in [9.17, 15) is 0 Å². The molecular weight excluding hydrogens is 348 g/mol. The van der Waals surface area contributed by atoms with Crippen LogP contribution in [0.25, 0.3) is 0 Å². The molecule has 0 aromatic carbocycles. The predicted molar refractivity (Wildman–Crippen MR) is 113 cm³/mol. The van der Waals surface area contributed by atoms with Crippen LogP contribution in [0.15, 0.2) is 36.8 Å². The molecule has 0 saturated heterocycles. The lowest BCUT2D eigenvalue weighted by molar-refractivity contribution is 0.275. The zero-order valence-electron chi connectivity index (χ0n) is 18.7. The number of rotatable bonds is 3. The molecule has 0 unspecified atom stereocenters. The highest BCUT2D eigenvalue weighted by atomic mass is 15.6. The summed E-state index contributed by atoms with van der Waals surface area (Å²) in [5.74, 6) is 0. The average Bonchev–Trinajstić information content (AvgIpc) is 3.26. The lowest BCUT2D eigenvalue weighted by Crippen LogP contribution is -2.29. The molecule has 0 N–H and O–H groups in total. The quantitative estimate of drug-likeness (QED) is 0.658. The first-order chi connectivity index (χ1) is 12.8. The van der Waals surface area contributed by atoms with E-state index in [-0.39, 0.29) is 22.5 Å². The van der Waals surface area contributed by atoms with E-state index < -0.39 is 0 Å². The highest BCUT2D eigenvalue weighted by molar-refractivity contribution is 5.14. The maximum atomic E-state index is 4.87. The number of hydrogen-bond acceptors (Lipinski definition) is 3. The van der Waals surface area contributed by atoms with Crippen LogP contribution in [-0.4, -0.2) is 29.3 Å². The fourth-order valence-electron chi connectivity index (χ4n) is 2.96. The van der Waals surface area contributed by atoms with E-state index in [2.05, 4.69) is 80.5 Å². The molecule has 0 spiro atoms. The largest absolute Gasteiger partial charge is 0.238 e. The van der Waals surface area contributed by atoms with E-state index in [1.807, 2.05) is 32.6 Å². The molecule has 6 nitrogen and oxygen atoms in total. The van der Waals surface area contributed by atoms with Crippen LogP contribution < -0.4 is 0 Å². The third-order valence-electron chi connectivity index (χ3n) is 4.84. The SMILES string of the molecule is CC(C)(C)c1ccn(C(n2ccc(C(C)(C)C)n2)n2ccc(C(C)(C)C)n2)n1. The first-order valence-corrected chi connectivity index (χ1v) is 9.94. The second-order valence-corrected chi connectivity index (χ2v) is 10.6. The zero-order chi connectivity index (χ0) is 20.9. The van der Waals surface area contributed by atoms with Crippen molar-refractivity contribution < 1.29 is 0 Å². The molecule has 6 heteroatoms. The van der Waals surface area contributed by atoms with Gasteiger partial charge in [-0.15, -0.1) is 0 Å². The van der Waals surface area contributed by atoms with Gasteiger partial charge in [0.25, 0.3) is 0 Å². The van der Waals surface area contributed by atoms with Gasteiger partial charge in [0.2, 0.25) is 6.29 Å². The van der Waals surface area contributed by atoms with Crippen molar-refractivity contribution in [2.75, 3.05) is 0 Å². The molecule has 0 aliphatic rings. The zero-order valence-corrected chi connectivity index (χ0v) is 18.7. The Hall–Kier alpha value is -2.37. The minimum Gasteiger partial charge on any atom is -0.227 e. The Morgan fingerprint density at radius 3 is 0.964 bits per heavy atom. The standard InChI is InChI=1S/C22H34N6/c1-20(2,3)16-10-13-26(23-16)19(27-14-11-17(24-27)21(4,5)6)28-15-12-18(25-28)22(7,8)9/h10-15,19H,1-9H3. The Bertz CT molecular complexity index is 813. The summed E-state index contributed by atoms with van der Waals surface area (Å²) in [7, 11) is 0. The van der Waals surface area contributed by atoms with Gasteiger partial charge in [-0.3, -0.25) is 0 Å². The highest BCUT2D eigenvalue weighted by Crippen LogP contribution is 2.26. The summed E-state index contributed by atoms with van der Waals surface area (Å²) in [5, 5.41) is 14.6. The van der Waals surface area contributed by atoms with E-state index in [0.29, 0.717) is 0 Å². The van der Waals surface area contributed by atoms with Crippen LogP contribution in [0.2, 0.25) is 0 Å². The molecule has 0 atom stereocenters. The molecule has 3 heterocycles. The smallest absolute Gasteiger partial charge is 0.227 e. The van der Waals surface area contributed by atoms with Crippen LogP contribution in [0, 0.1) is 0 Å². The fraction of sp³-hybridized carbons (Fsp3) is 0.591. The Labute approximate surface area is 168 Å². The van der Waals surface area contributed by atoms with Crippen molar-refractivity contribution in [2.45, 2.75) is 84.8 Å². The van der Waals surface area contributed by atoms with Gasteiger partial charge in [-0.05, 0) is 18.2 Å². The first kappa shape index (κ1) is 20.4. The molecule has 28 heavy (non-hydrogen) atoms. The summed E-state index contributed by atoms with van der Waals surface area (Å²) >= 11 is 0. The summed E-state index contributed by atoms with van der Waals surface area (Å²) in [6.07, 6.45) is 5.76. The number of hydrogen-bond donors (Lipinski definition) is 0. The predicted octanol–water partition coefficient (Wildman–Crippen LogP) is 4.72. The minimum atomic E-state index is -0.289. The molecule has 152 valence electrons. The van der Waals surface area contributed by atoms with Crippen molar-refractivity contribution in [3.63, 3.8) is 0 Å². The summed E-state index contributed by atoms with van der Waals surface area (Å²) < 4.78 is 5.83. The van der Waals surface area contributed by atoms with E-state index in [1.165, 1.54) is 0 Å². The minimum absolute atomic E-state index is 0.0167. The monoisotopic (exact) mass is 382 g/mol. The van der Waals surface area contributed by atoms with E-state index >= 15 is 0 Å². The molecule has 0 fully saturated rings. The topological polar surface area (TPSA) is 53.5 Å². The van der Waals surface area contributed by atoms with Gasteiger partial charge in [0.1, 0.15) is 0 Å². The van der Waals surface area contributed by atoms with E-state index in [1.54, 1.807) is 0 Å². The van der Waals surface area contributed by atoms with Crippen molar-refractivity contribution in [1.82, 2.24) is 29.3 Å². The summed E-state index contributed by atoms with van der Waals surface area (Å²) in [6, 6.07) is 6.24. The van der Waals surface area contributed by atoms with Gasteiger partial charge in [0, 0.05) is 34.8 Å². The van der Waals surface area contributed by atoms with Gasteiger partial charge in [-0.1, -0.05) is 62.3 Å². The van der Waals surface area contributed by atoms with Crippen LogP contribution in [-0.2, 0) is 16.2 Å². The molecule has 3 aromatic heterocycles. The second kappa shape index (κ2) is 6.61. The Morgan fingerprint density at radius 2 is 0.786 bits per heavy atom. The van der Waals surface area contributed by atoms with Crippen molar-refractivity contribution in [2.24, 2.45) is 0 Å².